The van der Waals surface area contributed by atoms with E-state index in [9.17, 15) is 25.5 Å². The maximum Gasteiger partial charge on any atom is 0.0622 e. The van der Waals surface area contributed by atoms with Crippen molar-refractivity contribution in [3.63, 3.8) is 0 Å². The molecule has 0 aromatic heterocycles. The first-order chi connectivity index (χ1) is 23.5. The first kappa shape index (κ1) is 49.7. The number of rotatable bonds is 30. The molecule has 51 heavy (non-hydrogen) atoms. The van der Waals surface area contributed by atoms with Crippen LogP contribution in [0.1, 0.15) is 204 Å². The van der Waals surface area contributed by atoms with E-state index < -0.39 is 28.0 Å². The number of allylic oxidation sites excluding steroid dienone is 7. The zero-order chi connectivity index (χ0) is 39.2. The molecule has 0 aliphatic carbocycles. The molecule has 0 amide bonds. The minimum absolute atomic E-state index is 0.115. The van der Waals surface area contributed by atoms with E-state index in [0.717, 1.165) is 83.5 Å². The molecule has 5 atom stereocenters. The van der Waals surface area contributed by atoms with Gasteiger partial charge in [-0.15, -0.1) is 0 Å². The molecule has 0 aliphatic heterocycles. The van der Waals surface area contributed by atoms with Crippen molar-refractivity contribution in [3.8, 4) is 0 Å². The van der Waals surface area contributed by atoms with Crippen molar-refractivity contribution in [2.24, 2.45) is 0 Å². The summed E-state index contributed by atoms with van der Waals surface area (Å²) in [5.41, 5.74) is 1.32. The highest BCUT2D eigenvalue weighted by Crippen LogP contribution is 2.31. The van der Waals surface area contributed by atoms with E-state index >= 15 is 0 Å². The summed E-state index contributed by atoms with van der Waals surface area (Å²) < 4.78 is 0. The van der Waals surface area contributed by atoms with Crippen LogP contribution in [0.3, 0.4) is 0 Å². The van der Waals surface area contributed by atoms with Crippen molar-refractivity contribution in [3.05, 3.63) is 46.6 Å². The lowest BCUT2D eigenvalue weighted by Gasteiger charge is -2.30. The molecule has 0 saturated heterocycles. The van der Waals surface area contributed by atoms with Gasteiger partial charge in [0.05, 0.1) is 34.6 Å². The fourth-order valence-corrected chi connectivity index (χ4v) is 7.00. The molecule has 5 unspecified atom stereocenters. The van der Waals surface area contributed by atoms with Crippen molar-refractivity contribution in [2.45, 2.75) is 232 Å². The van der Waals surface area contributed by atoms with E-state index in [2.05, 4.69) is 52.8 Å². The van der Waals surface area contributed by atoms with Crippen molar-refractivity contribution in [2.75, 3.05) is 6.61 Å². The molecule has 0 spiro atoms. The van der Waals surface area contributed by atoms with Crippen LogP contribution in [0.25, 0.3) is 0 Å². The predicted molar refractivity (Wildman–Crippen MR) is 218 cm³/mol. The van der Waals surface area contributed by atoms with Crippen molar-refractivity contribution < 1.29 is 30.6 Å². The molecule has 0 radical (unpaired) electrons. The van der Waals surface area contributed by atoms with Crippen molar-refractivity contribution >= 4 is 0 Å². The third kappa shape index (κ3) is 29.8. The third-order valence-corrected chi connectivity index (χ3v) is 10.7. The van der Waals surface area contributed by atoms with Crippen molar-refractivity contribution in [1.82, 2.24) is 0 Å². The minimum Gasteiger partial charge on any atom is -0.392 e. The van der Waals surface area contributed by atoms with Crippen LogP contribution in [0.4, 0.5) is 0 Å². The van der Waals surface area contributed by atoms with Gasteiger partial charge in [0, 0.05) is 0 Å². The zero-order valence-corrected chi connectivity index (χ0v) is 35.0. The molecule has 6 N–H and O–H groups in total. The van der Waals surface area contributed by atoms with E-state index in [4.69, 9.17) is 5.11 Å². The van der Waals surface area contributed by atoms with Crippen LogP contribution in [0.5, 0.6) is 0 Å². The monoisotopic (exact) mass is 721 g/mol. The Balaban J connectivity index is 4.33. The highest BCUT2D eigenvalue weighted by Gasteiger charge is 2.28. The Morgan fingerprint density at radius 1 is 0.373 bits per heavy atom. The summed E-state index contributed by atoms with van der Waals surface area (Å²) in [6.07, 6.45) is 25.0. The largest absolute Gasteiger partial charge is 0.392 e. The van der Waals surface area contributed by atoms with E-state index in [-0.39, 0.29) is 6.61 Å². The van der Waals surface area contributed by atoms with Gasteiger partial charge >= 0.3 is 0 Å². The summed E-state index contributed by atoms with van der Waals surface area (Å²) in [5.74, 6) is 0. The van der Waals surface area contributed by atoms with Gasteiger partial charge in [-0.3, -0.25) is 0 Å². The summed E-state index contributed by atoms with van der Waals surface area (Å²) >= 11 is 0. The topological polar surface area (TPSA) is 121 Å². The molecule has 0 bridgehead atoms. The van der Waals surface area contributed by atoms with Gasteiger partial charge in [-0.25, -0.2) is 0 Å². The molecular formula is C45H84O6. The van der Waals surface area contributed by atoms with Gasteiger partial charge < -0.3 is 30.6 Å². The number of hydrogen-bond acceptors (Lipinski definition) is 6. The molecule has 0 aromatic carbocycles. The summed E-state index contributed by atoms with van der Waals surface area (Å²) in [7, 11) is 0. The normalized spacial score (nSPS) is 19.1. The van der Waals surface area contributed by atoms with Crippen LogP contribution in [0.15, 0.2) is 46.6 Å². The lowest BCUT2D eigenvalue weighted by molar-refractivity contribution is -0.00579. The van der Waals surface area contributed by atoms with Crippen LogP contribution >= 0.6 is 0 Å². The van der Waals surface area contributed by atoms with Crippen LogP contribution < -0.4 is 0 Å². The Kier molecular flexibility index (Phi) is 24.3. The second-order valence-electron chi connectivity index (χ2n) is 18.0. The smallest absolute Gasteiger partial charge is 0.0622 e. The summed E-state index contributed by atoms with van der Waals surface area (Å²) in [6.45, 7) is 20.1. The van der Waals surface area contributed by atoms with E-state index in [0.29, 0.717) is 51.4 Å². The van der Waals surface area contributed by atoms with Gasteiger partial charge in [-0.2, -0.15) is 0 Å². The molecule has 0 saturated carbocycles. The lowest BCUT2D eigenvalue weighted by atomic mass is 9.84. The molecule has 0 aromatic rings. The average Bonchev–Trinajstić information content (AvgIpc) is 2.96. The molecule has 0 aliphatic rings. The quantitative estimate of drug-likeness (QED) is 0.0411. The first-order valence-electron chi connectivity index (χ1n) is 20.3. The SMILES string of the molecule is CC(C)=CCCC(C)(O)CCCC(C)(O)CCCC(C)(O)CCCC(C)(O)CCCC(C)(O)CCC/C(C)=C/CC/C(C)=C/CC/C(C)=C/CO. The Hall–Kier alpha value is -1.28. The average molecular weight is 721 g/mol. The number of aliphatic hydroxyl groups excluding tert-OH is 1. The van der Waals surface area contributed by atoms with E-state index in [1.165, 1.54) is 22.3 Å². The molecule has 0 fully saturated rings. The van der Waals surface area contributed by atoms with Gasteiger partial charge in [-0.1, -0.05) is 46.6 Å². The molecular weight excluding hydrogens is 636 g/mol. The molecule has 0 rings (SSSR count). The predicted octanol–water partition coefficient (Wildman–Crippen LogP) is 10.7. The lowest BCUT2D eigenvalue weighted by Crippen LogP contribution is -2.30. The first-order valence-corrected chi connectivity index (χ1v) is 20.3. The van der Waals surface area contributed by atoms with Gasteiger partial charge in [0.15, 0.2) is 0 Å². The maximum atomic E-state index is 11.0. The maximum absolute atomic E-state index is 11.0. The molecule has 6 heteroatoms. The minimum atomic E-state index is -0.843. The van der Waals surface area contributed by atoms with Gasteiger partial charge in [0.2, 0.25) is 0 Å². The molecule has 6 nitrogen and oxygen atoms in total. The third-order valence-electron chi connectivity index (χ3n) is 10.7. The highest BCUT2D eigenvalue weighted by atomic mass is 16.3. The number of aliphatic hydroxyl groups is 6. The van der Waals surface area contributed by atoms with Crippen molar-refractivity contribution in [1.29, 1.82) is 0 Å². The van der Waals surface area contributed by atoms with Crippen LogP contribution in [-0.2, 0) is 0 Å². The second kappa shape index (κ2) is 24.9. The Labute approximate surface area is 315 Å². The Morgan fingerprint density at radius 2 is 0.667 bits per heavy atom. The van der Waals surface area contributed by atoms with Gasteiger partial charge in [-0.05, 0) is 204 Å². The Bertz CT molecular complexity index is 1050. The van der Waals surface area contributed by atoms with Crippen LogP contribution in [0.2, 0.25) is 0 Å². The van der Waals surface area contributed by atoms with Crippen LogP contribution in [0, 0.1) is 0 Å². The van der Waals surface area contributed by atoms with Gasteiger partial charge in [0.1, 0.15) is 0 Å². The summed E-state index contributed by atoms with van der Waals surface area (Å²) in [4.78, 5) is 0. The fraction of sp³-hybridized carbons (Fsp3) is 0.822. The van der Waals surface area contributed by atoms with Gasteiger partial charge in [0.25, 0.3) is 0 Å². The summed E-state index contributed by atoms with van der Waals surface area (Å²) in [5, 5.41) is 63.6. The van der Waals surface area contributed by atoms with Crippen LogP contribution in [-0.4, -0.2) is 65.3 Å². The van der Waals surface area contributed by atoms with E-state index in [1.807, 2.05) is 40.7 Å². The zero-order valence-electron chi connectivity index (χ0n) is 35.0. The summed E-state index contributed by atoms with van der Waals surface area (Å²) in [6, 6.07) is 0. The molecule has 300 valence electrons. The highest BCUT2D eigenvalue weighted by molar-refractivity contribution is 5.06. The second-order valence-corrected chi connectivity index (χ2v) is 18.0. The molecule has 0 heterocycles. The standard InChI is InChI=1S/C45H84O6/c1-37(2)19-13-26-41(6,47)28-15-30-43(8,49)32-17-34-45(10,51)35-18-33-44(9,50)31-16-29-42(7,48)27-14-24-39(4)22-11-20-38(3)21-12-23-40(5)25-36-46/h19,21-22,25,46-51H,11-18,20,23-24,26-36H2,1-10H3/b38-21+,39-22+,40-25+. The Morgan fingerprint density at radius 3 is 1.00 bits per heavy atom. The van der Waals surface area contributed by atoms with E-state index in [1.54, 1.807) is 0 Å². The fourth-order valence-electron chi connectivity index (χ4n) is 7.00. The number of hydrogen-bond donors (Lipinski definition) is 6.